The molecule has 11 heteroatoms. The van der Waals surface area contributed by atoms with Crippen LogP contribution >= 0.6 is 23.2 Å². The molecule has 0 aliphatic carbocycles. The average Bonchev–Trinajstić information content (AvgIpc) is 2.88. The zero-order valence-corrected chi connectivity index (χ0v) is 23.0. The number of sulfone groups is 1. The van der Waals surface area contributed by atoms with E-state index in [1.54, 1.807) is 48.5 Å². The Labute approximate surface area is 235 Å². The molecule has 200 valence electrons. The van der Waals surface area contributed by atoms with Gasteiger partial charge in [-0.05, 0) is 84.9 Å². The van der Waals surface area contributed by atoms with Gasteiger partial charge in [-0.25, -0.2) is 8.42 Å². The highest BCUT2D eigenvalue weighted by atomic mass is 35.5. The van der Waals surface area contributed by atoms with Crippen molar-refractivity contribution in [2.45, 2.75) is 23.6 Å². The summed E-state index contributed by atoms with van der Waals surface area (Å²) in [6.45, 7) is 2.82. The number of nitrogens with one attached hydrogen (secondary N) is 2. The van der Waals surface area contributed by atoms with Gasteiger partial charge in [0.2, 0.25) is 21.7 Å². The van der Waals surface area contributed by atoms with Crippen molar-refractivity contribution < 1.29 is 27.5 Å². The summed E-state index contributed by atoms with van der Waals surface area (Å²) in [5, 5.41) is 5.50. The van der Waals surface area contributed by atoms with E-state index in [1.807, 2.05) is 0 Å². The van der Waals surface area contributed by atoms with Crippen LogP contribution in [0.3, 0.4) is 0 Å². The Kier molecular flexibility index (Phi) is 8.44. The number of hydrogen-bond donors (Lipinski definition) is 2. The van der Waals surface area contributed by atoms with Crippen molar-refractivity contribution in [3.63, 3.8) is 0 Å². The predicted molar refractivity (Wildman–Crippen MR) is 150 cm³/mol. The normalized spacial score (nSPS) is 11.0. The van der Waals surface area contributed by atoms with Crippen molar-refractivity contribution in [1.82, 2.24) is 0 Å². The Morgan fingerprint density at radius 2 is 0.974 bits per heavy atom. The first-order valence-electron chi connectivity index (χ1n) is 11.5. The minimum absolute atomic E-state index is 0.0425. The fourth-order valence-corrected chi connectivity index (χ4v) is 5.35. The smallest absolute Gasteiger partial charge is 0.221 e. The summed E-state index contributed by atoms with van der Waals surface area (Å²) >= 11 is 12.7. The number of benzene rings is 4. The van der Waals surface area contributed by atoms with Gasteiger partial charge in [-0.3, -0.25) is 9.59 Å². The lowest BCUT2D eigenvalue weighted by Crippen LogP contribution is -2.05. The first-order chi connectivity index (χ1) is 18.5. The molecule has 0 aliphatic rings. The van der Waals surface area contributed by atoms with E-state index in [2.05, 4.69) is 10.6 Å². The second-order valence-electron chi connectivity index (χ2n) is 8.30. The van der Waals surface area contributed by atoms with E-state index in [0.717, 1.165) is 0 Å². The molecule has 4 aromatic carbocycles. The summed E-state index contributed by atoms with van der Waals surface area (Å²) in [7, 11) is -3.96. The monoisotopic (exact) mass is 584 g/mol. The van der Waals surface area contributed by atoms with Crippen molar-refractivity contribution >= 4 is 56.2 Å². The molecule has 4 rings (SSSR count). The number of amides is 2. The maximum Gasteiger partial charge on any atom is 0.221 e. The van der Waals surface area contributed by atoms with Crippen LogP contribution in [0.15, 0.2) is 94.7 Å². The molecule has 0 saturated heterocycles. The molecule has 2 N–H and O–H groups in total. The molecule has 0 bridgehead atoms. The van der Waals surface area contributed by atoms with E-state index in [-0.39, 0.29) is 43.1 Å². The minimum Gasteiger partial charge on any atom is -0.456 e. The molecule has 0 radical (unpaired) electrons. The van der Waals surface area contributed by atoms with Crippen LogP contribution in [0.4, 0.5) is 11.4 Å². The number of carbonyl (C=O) groups is 2. The SMILES string of the molecule is CC(=O)Nc1ccc(Oc2ccc(S(=O)(=O)c3ccc(Oc4ccc(NC(C)=O)cc4)c(Cl)c3)cc2Cl)cc1. The van der Waals surface area contributed by atoms with Gasteiger partial charge in [0.25, 0.3) is 0 Å². The van der Waals surface area contributed by atoms with Gasteiger partial charge in [0.05, 0.1) is 19.8 Å². The zero-order chi connectivity index (χ0) is 28.2. The fourth-order valence-electron chi connectivity index (χ4n) is 3.47. The van der Waals surface area contributed by atoms with Crippen molar-refractivity contribution in [2.24, 2.45) is 0 Å². The van der Waals surface area contributed by atoms with Gasteiger partial charge in [0, 0.05) is 25.2 Å². The number of anilines is 2. The molecule has 0 spiro atoms. The molecular weight excluding hydrogens is 563 g/mol. The topological polar surface area (TPSA) is 111 Å². The standard InChI is InChI=1S/C28H22Cl2N2O6S/c1-17(33)31-19-3-7-21(8-4-19)37-27-13-11-23(15-25(27)29)39(35,36)24-12-14-28(26(30)16-24)38-22-9-5-20(6-10-22)32-18(2)34/h3-16H,1-2H3,(H,31,33)(H,32,34). The van der Waals surface area contributed by atoms with Crippen LogP contribution in [0.5, 0.6) is 23.0 Å². The summed E-state index contributed by atoms with van der Waals surface area (Å²) < 4.78 is 38.0. The van der Waals surface area contributed by atoms with E-state index in [4.69, 9.17) is 32.7 Å². The lowest BCUT2D eigenvalue weighted by molar-refractivity contribution is -0.115. The number of hydrogen-bond acceptors (Lipinski definition) is 6. The Morgan fingerprint density at radius 1 is 0.615 bits per heavy atom. The molecular formula is C28H22Cl2N2O6S. The highest BCUT2D eigenvalue weighted by Gasteiger charge is 2.21. The van der Waals surface area contributed by atoms with Gasteiger partial charge >= 0.3 is 0 Å². The van der Waals surface area contributed by atoms with Gasteiger partial charge in [-0.2, -0.15) is 0 Å². The van der Waals surface area contributed by atoms with Gasteiger partial charge in [-0.15, -0.1) is 0 Å². The van der Waals surface area contributed by atoms with Crippen LogP contribution in [0, 0.1) is 0 Å². The second kappa shape index (κ2) is 11.8. The second-order valence-corrected chi connectivity index (χ2v) is 11.1. The maximum absolute atomic E-state index is 13.3. The Bertz CT molecular complexity index is 1520. The van der Waals surface area contributed by atoms with Crippen molar-refractivity contribution in [3.8, 4) is 23.0 Å². The van der Waals surface area contributed by atoms with E-state index in [1.165, 1.54) is 50.2 Å². The summed E-state index contributed by atoms with van der Waals surface area (Å²) in [6.07, 6.45) is 0. The first kappa shape index (κ1) is 28.0. The number of ether oxygens (including phenoxy) is 2. The van der Waals surface area contributed by atoms with Crippen molar-refractivity contribution in [1.29, 1.82) is 0 Å². The lowest BCUT2D eigenvalue weighted by Gasteiger charge is -2.12. The molecule has 8 nitrogen and oxygen atoms in total. The summed E-state index contributed by atoms with van der Waals surface area (Å²) in [5.74, 6) is 1.04. The third-order valence-electron chi connectivity index (χ3n) is 5.23. The first-order valence-corrected chi connectivity index (χ1v) is 13.7. The zero-order valence-electron chi connectivity index (χ0n) is 20.7. The third kappa shape index (κ3) is 7.08. The molecule has 0 aliphatic heterocycles. The molecule has 0 heterocycles. The van der Waals surface area contributed by atoms with Crippen LogP contribution in [-0.2, 0) is 19.4 Å². The summed E-state index contributed by atoms with van der Waals surface area (Å²) in [6, 6.07) is 21.6. The molecule has 0 saturated carbocycles. The van der Waals surface area contributed by atoms with Crippen molar-refractivity contribution in [2.75, 3.05) is 10.6 Å². The third-order valence-corrected chi connectivity index (χ3v) is 7.57. The number of carbonyl (C=O) groups excluding carboxylic acids is 2. The largest absolute Gasteiger partial charge is 0.456 e. The van der Waals surface area contributed by atoms with Gasteiger partial charge in [0.1, 0.15) is 23.0 Å². The van der Waals surface area contributed by atoms with Crippen LogP contribution < -0.4 is 20.1 Å². The maximum atomic E-state index is 13.3. The van der Waals surface area contributed by atoms with Crippen LogP contribution in [0.2, 0.25) is 10.0 Å². The number of halogens is 2. The van der Waals surface area contributed by atoms with Crippen molar-refractivity contribution in [3.05, 3.63) is 95.0 Å². The van der Waals surface area contributed by atoms with E-state index >= 15 is 0 Å². The molecule has 0 fully saturated rings. The fraction of sp³-hybridized carbons (Fsp3) is 0.0714. The Morgan fingerprint density at radius 3 is 1.28 bits per heavy atom. The van der Waals surface area contributed by atoms with E-state index < -0.39 is 9.84 Å². The highest BCUT2D eigenvalue weighted by molar-refractivity contribution is 7.91. The van der Waals surface area contributed by atoms with Crippen LogP contribution in [0.25, 0.3) is 0 Å². The van der Waals surface area contributed by atoms with Gasteiger partial charge < -0.3 is 20.1 Å². The van der Waals surface area contributed by atoms with Crippen LogP contribution in [-0.4, -0.2) is 20.2 Å². The minimum atomic E-state index is -3.96. The number of rotatable bonds is 8. The quantitative estimate of drug-likeness (QED) is 0.224. The molecule has 0 aromatic heterocycles. The summed E-state index contributed by atoms with van der Waals surface area (Å²) in [4.78, 5) is 22.2. The molecule has 2 amide bonds. The Hall–Kier alpha value is -4.05. The Balaban J connectivity index is 1.49. The van der Waals surface area contributed by atoms with E-state index in [9.17, 15) is 18.0 Å². The molecule has 4 aromatic rings. The van der Waals surface area contributed by atoms with E-state index in [0.29, 0.717) is 22.9 Å². The lowest BCUT2D eigenvalue weighted by atomic mass is 10.3. The summed E-state index contributed by atoms with van der Waals surface area (Å²) in [5.41, 5.74) is 1.22. The average molecular weight is 585 g/mol. The van der Waals surface area contributed by atoms with Crippen LogP contribution in [0.1, 0.15) is 13.8 Å². The predicted octanol–water partition coefficient (Wildman–Crippen LogP) is 7.33. The van der Waals surface area contributed by atoms with Gasteiger partial charge in [-0.1, -0.05) is 23.2 Å². The molecule has 39 heavy (non-hydrogen) atoms. The highest BCUT2D eigenvalue weighted by Crippen LogP contribution is 2.36. The van der Waals surface area contributed by atoms with Gasteiger partial charge in [0.15, 0.2) is 0 Å². The molecule has 0 atom stereocenters. The molecule has 0 unspecified atom stereocenters.